The zero-order chi connectivity index (χ0) is 10.1. The number of halogens is 3. The first-order valence-electron chi connectivity index (χ1n) is 4.39. The first-order chi connectivity index (χ1) is 6.68. The third-order valence-electron chi connectivity index (χ3n) is 2.23. The zero-order valence-electron chi connectivity index (χ0n) is 7.30. The molecule has 0 spiro atoms. The maximum atomic E-state index is 5.99. The predicted octanol–water partition coefficient (Wildman–Crippen LogP) is 4.78. The molecule has 0 radical (unpaired) electrons. The van der Waals surface area contributed by atoms with Crippen molar-refractivity contribution in [2.45, 2.75) is 23.8 Å². The molecule has 14 heavy (non-hydrogen) atoms. The van der Waals surface area contributed by atoms with E-state index in [0.717, 1.165) is 28.3 Å². The van der Waals surface area contributed by atoms with Gasteiger partial charge in [-0.15, -0.1) is 11.3 Å². The van der Waals surface area contributed by atoms with Crippen molar-refractivity contribution >= 4 is 54.8 Å². The third kappa shape index (κ3) is 2.35. The Labute approximate surface area is 109 Å². The standard InChI is InChI=1S/C9H9Br2ClOS/c10-5-4-7(14-9(5)12)8(11)6-2-1-3-13-6/h4,6,8H,1-3H2. The van der Waals surface area contributed by atoms with Crippen LogP contribution in [-0.4, -0.2) is 12.7 Å². The fourth-order valence-electron chi connectivity index (χ4n) is 1.52. The summed E-state index contributed by atoms with van der Waals surface area (Å²) in [5.41, 5.74) is 0. The van der Waals surface area contributed by atoms with Crippen LogP contribution >= 0.6 is 54.8 Å². The average molecular weight is 360 g/mol. The number of alkyl halides is 1. The van der Waals surface area contributed by atoms with E-state index in [-0.39, 0.29) is 4.83 Å². The van der Waals surface area contributed by atoms with Crippen molar-refractivity contribution in [3.05, 3.63) is 19.8 Å². The highest BCUT2D eigenvalue weighted by Gasteiger charge is 2.26. The van der Waals surface area contributed by atoms with E-state index in [4.69, 9.17) is 16.3 Å². The van der Waals surface area contributed by atoms with Gasteiger partial charge in [0.2, 0.25) is 0 Å². The average Bonchev–Trinajstić information content (AvgIpc) is 2.76. The fourth-order valence-corrected chi connectivity index (χ4v) is 4.11. The SMILES string of the molecule is Clc1sc(C(Br)C2CCCO2)cc1Br. The highest BCUT2D eigenvalue weighted by Crippen LogP contribution is 2.42. The predicted molar refractivity (Wildman–Crippen MR) is 67.7 cm³/mol. The van der Waals surface area contributed by atoms with Crippen molar-refractivity contribution in [2.24, 2.45) is 0 Å². The van der Waals surface area contributed by atoms with Crippen LogP contribution in [0.2, 0.25) is 4.34 Å². The van der Waals surface area contributed by atoms with Crippen molar-refractivity contribution in [1.29, 1.82) is 0 Å². The molecule has 0 bridgehead atoms. The van der Waals surface area contributed by atoms with E-state index in [1.807, 2.05) is 0 Å². The molecule has 0 saturated carbocycles. The molecule has 2 heterocycles. The van der Waals surface area contributed by atoms with E-state index in [1.165, 1.54) is 4.88 Å². The number of rotatable bonds is 2. The van der Waals surface area contributed by atoms with Gasteiger partial charge < -0.3 is 4.74 Å². The molecule has 1 aliphatic heterocycles. The fraction of sp³-hybridized carbons (Fsp3) is 0.556. The van der Waals surface area contributed by atoms with Crippen molar-refractivity contribution in [2.75, 3.05) is 6.61 Å². The molecule has 1 aromatic heterocycles. The number of hydrogen-bond acceptors (Lipinski definition) is 2. The van der Waals surface area contributed by atoms with Crippen LogP contribution in [0.5, 0.6) is 0 Å². The van der Waals surface area contributed by atoms with Gasteiger partial charge in [-0.3, -0.25) is 0 Å². The number of ether oxygens (including phenoxy) is 1. The maximum absolute atomic E-state index is 5.99. The van der Waals surface area contributed by atoms with Crippen LogP contribution in [0, 0.1) is 0 Å². The van der Waals surface area contributed by atoms with E-state index < -0.39 is 0 Å². The van der Waals surface area contributed by atoms with Crippen LogP contribution in [0.25, 0.3) is 0 Å². The highest BCUT2D eigenvalue weighted by atomic mass is 79.9. The van der Waals surface area contributed by atoms with E-state index >= 15 is 0 Å². The van der Waals surface area contributed by atoms with E-state index in [9.17, 15) is 0 Å². The molecule has 2 unspecified atom stereocenters. The second-order valence-corrected chi connectivity index (χ2v) is 6.75. The normalized spacial score (nSPS) is 24.1. The summed E-state index contributed by atoms with van der Waals surface area (Å²) in [6, 6.07) is 2.06. The number of thiophene rings is 1. The Morgan fingerprint density at radius 2 is 2.43 bits per heavy atom. The minimum atomic E-state index is 0.277. The molecule has 0 aliphatic carbocycles. The Morgan fingerprint density at radius 3 is 2.93 bits per heavy atom. The maximum Gasteiger partial charge on any atom is 0.107 e. The first kappa shape index (κ1) is 11.4. The van der Waals surface area contributed by atoms with E-state index in [2.05, 4.69) is 37.9 Å². The summed E-state index contributed by atoms with van der Waals surface area (Å²) in [7, 11) is 0. The molecule has 78 valence electrons. The lowest BCUT2D eigenvalue weighted by Gasteiger charge is -2.14. The lowest BCUT2D eigenvalue weighted by Crippen LogP contribution is -2.10. The quantitative estimate of drug-likeness (QED) is 0.690. The second kappa shape index (κ2) is 4.83. The summed E-state index contributed by atoms with van der Waals surface area (Å²) in [5, 5.41) is 0. The van der Waals surface area contributed by atoms with Gasteiger partial charge in [0.05, 0.1) is 10.9 Å². The van der Waals surface area contributed by atoms with Gasteiger partial charge in [0, 0.05) is 16.0 Å². The molecule has 1 saturated heterocycles. The molecule has 2 atom stereocenters. The second-order valence-electron chi connectivity index (χ2n) is 3.22. The van der Waals surface area contributed by atoms with Gasteiger partial charge in [-0.05, 0) is 34.8 Å². The molecule has 0 aromatic carbocycles. The summed E-state index contributed by atoms with van der Waals surface area (Å²) >= 11 is 14.7. The van der Waals surface area contributed by atoms with Crippen molar-refractivity contribution in [3.8, 4) is 0 Å². The number of hydrogen-bond donors (Lipinski definition) is 0. The smallest absolute Gasteiger partial charge is 0.107 e. The summed E-state index contributed by atoms with van der Waals surface area (Å²) < 4.78 is 7.40. The zero-order valence-corrected chi connectivity index (χ0v) is 12.0. The van der Waals surface area contributed by atoms with Gasteiger partial charge in [-0.2, -0.15) is 0 Å². The Kier molecular flexibility index (Phi) is 3.93. The highest BCUT2D eigenvalue weighted by molar-refractivity contribution is 9.10. The lowest BCUT2D eigenvalue weighted by molar-refractivity contribution is 0.111. The Balaban J connectivity index is 2.13. The summed E-state index contributed by atoms with van der Waals surface area (Å²) in [6.07, 6.45) is 2.59. The summed E-state index contributed by atoms with van der Waals surface area (Å²) in [5.74, 6) is 0. The molecular weight excluding hydrogens is 351 g/mol. The molecule has 1 aliphatic rings. The Bertz CT molecular complexity index is 303. The first-order valence-corrected chi connectivity index (χ1v) is 7.29. The minimum Gasteiger partial charge on any atom is -0.377 e. The summed E-state index contributed by atoms with van der Waals surface area (Å²) in [6.45, 7) is 0.882. The van der Waals surface area contributed by atoms with Gasteiger partial charge in [0.25, 0.3) is 0 Å². The molecule has 1 aromatic rings. The van der Waals surface area contributed by atoms with Crippen LogP contribution in [0.15, 0.2) is 10.5 Å². The van der Waals surface area contributed by atoms with Crippen molar-refractivity contribution < 1.29 is 4.74 Å². The van der Waals surface area contributed by atoms with E-state index in [1.54, 1.807) is 11.3 Å². The minimum absolute atomic E-state index is 0.277. The molecule has 5 heteroatoms. The van der Waals surface area contributed by atoms with Gasteiger partial charge in [0.15, 0.2) is 0 Å². The molecule has 2 rings (SSSR count). The largest absolute Gasteiger partial charge is 0.377 e. The van der Waals surface area contributed by atoms with Crippen molar-refractivity contribution in [3.63, 3.8) is 0 Å². The van der Waals surface area contributed by atoms with Crippen LogP contribution in [-0.2, 0) is 4.74 Å². The van der Waals surface area contributed by atoms with Crippen LogP contribution in [0.4, 0.5) is 0 Å². The lowest BCUT2D eigenvalue weighted by atomic mass is 10.1. The van der Waals surface area contributed by atoms with Crippen molar-refractivity contribution in [1.82, 2.24) is 0 Å². The van der Waals surface area contributed by atoms with Crippen LogP contribution < -0.4 is 0 Å². The molecule has 0 amide bonds. The summed E-state index contributed by atoms with van der Waals surface area (Å²) in [4.78, 5) is 1.51. The molecule has 1 nitrogen and oxygen atoms in total. The molecule has 0 N–H and O–H groups in total. The van der Waals surface area contributed by atoms with Gasteiger partial charge in [0.1, 0.15) is 4.34 Å². The third-order valence-corrected chi connectivity index (χ3v) is 6.17. The van der Waals surface area contributed by atoms with Gasteiger partial charge in [-0.25, -0.2) is 0 Å². The van der Waals surface area contributed by atoms with E-state index in [0.29, 0.717) is 6.10 Å². The van der Waals surface area contributed by atoms with Crippen LogP contribution in [0.1, 0.15) is 22.5 Å². The molecule has 1 fully saturated rings. The monoisotopic (exact) mass is 358 g/mol. The van der Waals surface area contributed by atoms with Crippen LogP contribution in [0.3, 0.4) is 0 Å². The molecular formula is C9H9Br2ClOS. The topological polar surface area (TPSA) is 9.23 Å². The Morgan fingerprint density at radius 1 is 1.64 bits per heavy atom. The van der Waals surface area contributed by atoms with Gasteiger partial charge in [-0.1, -0.05) is 27.5 Å². The van der Waals surface area contributed by atoms with Gasteiger partial charge >= 0.3 is 0 Å². The Hall–Kier alpha value is 0.910.